The van der Waals surface area contributed by atoms with E-state index >= 15 is 0 Å². The monoisotopic (exact) mass is 350 g/mol. The van der Waals surface area contributed by atoms with Crippen LogP contribution in [0.1, 0.15) is 34.7 Å². The Balaban J connectivity index is 1.59. The Morgan fingerprint density at radius 1 is 1.04 bits per heavy atom. The first-order valence-electron chi connectivity index (χ1n) is 8.20. The molecule has 3 aromatic rings. The third kappa shape index (κ3) is 2.43. The zero-order chi connectivity index (χ0) is 16.8. The van der Waals surface area contributed by atoms with E-state index in [4.69, 9.17) is 9.84 Å². The van der Waals surface area contributed by atoms with E-state index in [2.05, 4.69) is 17.5 Å². The van der Waals surface area contributed by atoms with Gasteiger partial charge in [0.25, 0.3) is 0 Å². The number of hydrogen-bond donors (Lipinski definition) is 0. The van der Waals surface area contributed by atoms with Crippen LogP contribution in [0, 0.1) is 5.82 Å². The Labute approximate surface area is 149 Å². The summed E-state index contributed by atoms with van der Waals surface area (Å²) in [5, 5.41) is 8.95. The largest absolute Gasteiger partial charge is 0.464 e. The van der Waals surface area contributed by atoms with Crippen molar-refractivity contribution in [1.82, 2.24) is 5.01 Å². The quantitative estimate of drug-likeness (QED) is 0.640. The Hall–Kier alpha value is -2.66. The lowest BCUT2D eigenvalue weighted by Gasteiger charge is -2.37. The standard InChI is InChI=1S/C20H15FN2OS/c21-14-9-7-13(8-10-14)16-12-17-15-4-1-2-5-18(15)24-20(23(17)22-16)19-6-3-11-25-19/h1-11,17,20H,12H2/t17-,20+/m1/s1. The van der Waals surface area contributed by atoms with Crippen LogP contribution in [0.5, 0.6) is 5.75 Å². The van der Waals surface area contributed by atoms with Crippen LogP contribution in [0.2, 0.25) is 0 Å². The van der Waals surface area contributed by atoms with Crippen molar-refractivity contribution < 1.29 is 9.13 Å². The molecule has 0 saturated heterocycles. The van der Waals surface area contributed by atoms with Crippen molar-refractivity contribution in [2.75, 3.05) is 0 Å². The molecule has 0 spiro atoms. The molecular formula is C20H15FN2OS. The van der Waals surface area contributed by atoms with Crippen molar-refractivity contribution in [3.8, 4) is 5.75 Å². The average molecular weight is 350 g/mol. The first-order valence-corrected chi connectivity index (χ1v) is 9.08. The molecule has 0 amide bonds. The molecule has 0 bridgehead atoms. The number of para-hydroxylation sites is 1. The lowest BCUT2D eigenvalue weighted by atomic mass is 9.96. The number of hydrazone groups is 1. The maximum absolute atomic E-state index is 13.2. The molecule has 124 valence electrons. The second kappa shape index (κ2) is 5.70. The summed E-state index contributed by atoms with van der Waals surface area (Å²) in [5.74, 6) is 0.683. The van der Waals surface area contributed by atoms with Crippen molar-refractivity contribution in [2.45, 2.75) is 18.7 Å². The highest BCUT2D eigenvalue weighted by Gasteiger charge is 2.41. The molecule has 0 saturated carbocycles. The molecule has 25 heavy (non-hydrogen) atoms. The number of benzene rings is 2. The van der Waals surface area contributed by atoms with Crippen LogP contribution in [-0.4, -0.2) is 10.7 Å². The number of rotatable bonds is 2. The zero-order valence-electron chi connectivity index (χ0n) is 13.3. The Morgan fingerprint density at radius 2 is 1.88 bits per heavy atom. The van der Waals surface area contributed by atoms with E-state index in [1.807, 2.05) is 29.3 Å². The van der Waals surface area contributed by atoms with Gasteiger partial charge in [0.1, 0.15) is 11.6 Å². The molecule has 1 aromatic heterocycles. The molecule has 2 atom stereocenters. The van der Waals surface area contributed by atoms with Crippen LogP contribution in [-0.2, 0) is 0 Å². The Bertz CT molecular complexity index is 937. The number of fused-ring (bicyclic) bond motifs is 3. The highest BCUT2D eigenvalue weighted by molar-refractivity contribution is 7.10. The fourth-order valence-electron chi connectivity index (χ4n) is 3.47. The summed E-state index contributed by atoms with van der Waals surface area (Å²) in [4.78, 5) is 1.13. The number of ether oxygens (including phenoxy) is 1. The van der Waals surface area contributed by atoms with Gasteiger partial charge in [-0.2, -0.15) is 5.10 Å². The van der Waals surface area contributed by atoms with Gasteiger partial charge >= 0.3 is 0 Å². The van der Waals surface area contributed by atoms with Crippen molar-refractivity contribution in [1.29, 1.82) is 0 Å². The number of halogens is 1. The summed E-state index contributed by atoms with van der Waals surface area (Å²) in [6, 6.07) is 18.9. The lowest BCUT2D eigenvalue weighted by molar-refractivity contribution is -0.0165. The van der Waals surface area contributed by atoms with Crippen molar-refractivity contribution in [3.63, 3.8) is 0 Å². The maximum Gasteiger partial charge on any atom is 0.222 e. The summed E-state index contributed by atoms with van der Waals surface area (Å²) in [7, 11) is 0. The van der Waals surface area contributed by atoms with Gasteiger partial charge in [0.2, 0.25) is 6.23 Å². The van der Waals surface area contributed by atoms with Crippen LogP contribution in [0.25, 0.3) is 0 Å². The van der Waals surface area contributed by atoms with Crippen molar-refractivity contribution in [2.24, 2.45) is 5.10 Å². The highest BCUT2D eigenvalue weighted by atomic mass is 32.1. The molecular weight excluding hydrogens is 335 g/mol. The van der Waals surface area contributed by atoms with Crippen molar-refractivity contribution >= 4 is 17.0 Å². The molecule has 3 nitrogen and oxygen atoms in total. The van der Waals surface area contributed by atoms with Gasteiger partial charge in [0.15, 0.2) is 0 Å². The summed E-state index contributed by atoms with van der Waals surface area (Å²) in [6.45, 7) is 0. The lowest BCUT2D eigenvalue weighted by Crippen LogP contribution is -2.33. The Kier molecular flexibility index (Phi) is 3.35. The summed E-state index contributed by atoms with van der Waals surface area (Å²) in [5.41, 5.74) is 3.07. The summed E-state index contributed by atoms with van der Waals surface area (Å²) >= 11 is 1.67. The van der Waals surface area contributed by atoms with Gasteiger partial charge in [0.05, 0.1) is 16.6 Å². The highest BCUT2D eigenvalue weighted by Crippen LogP contribution is 2.47. The minimum atomic E-state index is -0.231. The number of thiophene rings is 1. The molecule has 0 N–H and O–H groups in total. The van der Waals surface area contributed by atoms with Crippen LogP contribution in [0.3, 0.4) is 0 Å². The average Bonchev–Trinajstić information content (AvgIpc) is 3.32. The first-order chi connectivity index (χ1) is 12.3. The van der Waals surface area contributed by atoms with Gasteiger partial charge in [-0.1, -0.05) is 36.4 Å². The minimum absolute atomic E-state index is 0.136. The fraction of sp³-hybridized carbons (Fsp3) is 0.150. The SMILES string of the molecule is Fc1ccc(C2=NN3[C@H](C2)c2ccccc2O[C@H]3c2cccs2)cc1. The molecule has 0 fully saturated rings. The molecule has 0 unspecified atom stereocenters. The predicted molar refractivity (Wildman–Crippen MR) is 96.3 cm³/mol. The first kappa shape index (κ1) is 14.7. The van der Waals surface area contributed by atoms with E-state index in [0.717, 1.165) is 33.9 Å². The third-order valence-corrected chi connectivity index (χ3v) is 5.57. The van der Waals surface area contributed by atoms with Crippen LogP contribution in [0.15, 0.2) is 71.1 Å². The summed E-state index contributed by atoms with van der Waals surface area (Å²) < 4.78 is 19.5. The van der Waals surface area contributed by atoms with Gasteiger partial charge < -0.3 is 4.74 Å². The van der Waals surface area contributed by atoms with E-state index in [1.54, 1.807) is 23.5 Å². The third-order valence-electron chi connectivity index (χ3n) is 4.66. The van der Waals surface area contributed by atoms with Gasteiger partial charge in [-0.3, -0.25) is 0 Å². The van der Waals surface area contributed by atoms with E-state index in [0.29, 0.717) is 0 Å². The molecule has 2 aliphatic heterocycles. The van der Waals surface area contributed by atoms with E-state index in [9.17, 15) is 4.39 Å². The number of nitrogens with zero attached hydrogens (tertiary/aromatic N) is 2. The van der Waals surface area contributed by atoms with Crippen LogP contribution in [0.4, 0.5) is 4.39 Å². The normalized spacial score (nSPS) is 21.3. The van der Waals surface area contributed by atoms with Gasteiger partial charge in [-0.25, -0.2) is 9.40 Å². The topological polar surface area (TPSA) is 24.8 Å². The van der Waals surface area contributed by atoms with E-state index < -0.39 is 0 Å². The molecule has 2 aliphatic rings. The van der Waals surface area contributed by atoms with Crippen molar-refractivity contribution in [3.05, 3.63) is 87.9 Å². The Morgan fingerprint density at radius 3 is 2.68 bits per heavy atom. The molecule has 3 heterocycles. The minimum Gasteiger partial charge on any atom is -0.464 e. The van der Waals surface area contributed by atoms with Gasteiger partial charge in [-0.15, -0.1) is 11.3 Å². The number of hydrogen-bond acceptors (Lipinski definition) is 4. The molecule has 0 radical (unpaired) electrons. The molecule has 5 heteroatoms. The fourth-order valence-corrected chi connectivity index (χ4v) is 4.21. The second-order valence-electron chi connectivity index (χ2n) is 6.18. The van der Waals surface area contributed by atoms with Crippen LogP contribution < -0.4 is 4.74 Å². The maximum atomic E-state index is 13.2. The van der Waals surface area contributed by atoms with Crippen LogP contribution >= 0.6 is 11.3 Å². The molecule has 0 aliphatic carbocycles. The second-order valence-corrected chi connectivity index (χ2v) is 7.16. The predicted octanol–water partition coefficient (Wildman–Crippen LogP) is 5.13. The van der Waals surface area contributed by atoms with Gasteiger partial charge in [0, 0.05) is 12.0 Å². The molecule has 5 rings (SSSR count). The van der Waals surface area contributed by atoms with E-state index in [1.165, 1.54) is 12.1 Å². The van der Waals surface area contributed by atoms with E-state index in [-0.39, 0.29) is 18.1 Å². The zero-order valence-corrected chi connectivity index (χ0v) is 14.1. The summed E-state index contributed by atoms with van der Waals surface area (Å²) in [6.07, 6.45) is 0.561. The smallest absolute Gasteiger partial charge is 0.222 e. The van der Waals surface area contributed by atoms with Gasteiger partial charge in [-0.05, 0) is 35.2 Å². The molecule has 2 aromatic carbocycles.